The molecule has 0 saturated carbocycles. The average Bonchev–Trinajstić information content (AvgIpc) is 2.95. The molecule has 1 aromatic carbocycles. The quantitative estimate of drug-likeness (QED) is 0.511. The van der Waals surface area contributed by atoms with Gasteiger partial charge in [-0.15, -0.1) is 0 Å². The molecule has 0 radical (unpaired) electrons. The Labute approximate surface area is 154 Å². The van der Waals surface area contributed by atoms with Gasteiger partial charge in [0.05, 0.1) is 6.61 Å². The Bertz CT molecular complexity index is 527. The van der Waals surface area contributed by atoms with E-state index in [2.05, 4.69) is 32.0 Å². The number of rotatable bonds is 8. The minimum Gasteiger partial charge on any atom is -0.466 e. The molecular formula is C22H37NO2. The lowest BCUT2D eigenvalue weighted by atomic mass is 9.89. The molecule has 0 saturated heterocycles. The fourth-order valence-corrected chi connectivity index (χ4v) is 3.73. The monoisotopic (exact) mass is 347 g/mol. The normalized spacial score (nSPS) is 19.6. The van der Waals surface area contributed by atoms with Crippen LogP contribution in [0.3, 0.4) is 0 Å². The predicted octanol–water partition coefficient (Wildman–Crippen LogP) is 5.32. The fraction of sp³-hybridized carbons (Fsp3) is 0.682. The summed E-state index contributed by atoms with van der Waals surface area (Å²) >= 11 is 0. The van der Waals surface area contributed by atoms with Gasteiger partial charge in [-0.25, -0.2) is 0 Å². The summed E-state index contributed by atoms with van der Waals surface area (Å²) in [6, 6.07) is 6.93. The smallest absolute Gasteiger partial charge is 0.305 e. The van der Waals surface area contributed by atoms with E-state index in [1.54, 1.807) is 0 Å². The number of fused-ring (bicyclic) bond motifs is 1. The summed E-state index contributed by atoms with van der Waals surface area (Å²) in [5.74, 6) is 0.957. The van der Waals surface area contributed by atoms with Crippen LogP contribution in [0, 0.1) is 0 Å². The summed E-state index contributed by atoms with van der Waals surface area (Å²) in [6.45, 7) is 10.9. The molecule has 0 aromatic heterocycles. The molecule has 2 N–H and O–H groups in total. The standard InChI is InChI=1S/C20H31NO2.C2H6/c1-4-14(3)15-10-8-11-16-17(19(21)13-18(15)16)9-6-7-12-20(22)23-5-2;1-2/h8,10-11,14,17,19H,4-7,9,12-13,21H2,1-3H3;1-2H3. The van der Waals surface area contributed by atoms with E-state index in [0.29, 0.717) is 24.9 Å². The molecule has 25 heavy (non-hydrogen) atoms. The number of hydrogen-bond donors (Lipinski definition) is 1. The molecule has 0 heterocycles. The van der Waals surface area contributed by atoms with Crippen molar-refractivity contribution >= 4 is 5.97 Å². The molecular weight excluding hydrogens is 310 g/mol. The van der Waals surface area contributed by atoms with Crippen molar-refractivity contribution in [1.82, 2.24) is 0 Å². The summed E-state index contributed by atoms with van der Waals surface area (Å²) in [5, 5.41) is 0. The maximum Gasteiger partial charge on any atom is 0.305 e. The van der Waals surface area contributed by atoms with Crippen molar-refractivity contribution in [2.45, 2.75) is 91.0 Å². The number of esters is 1. The highest BCUT2D eigenvalue weighted by molar-refractivity contribution is 5.69. The van der Waals surface area contributed by atoms with Crippen LogP contribution in [0.1, 0.15) is 95.2 Å². The fourth-order valence-electron chi connectivity index (χ4n) is 3.73. The molecule has 3 heteroatoms. The zero-order valence-electron chi connectivity index (χ0n) is 16.8. The highest BCUT2D eigenvalue weighted by atomic mass is 16.5. The second-order valence-corrected chi connectivity index (χ2v) is 6.75. The van der Waals surface area contributed by atoms with Crippen LogP contribution in [-0.4, -0.2) is 18.6 Å². The third kappa shape index (κ3) is 5.85. The molecule has 3 unspecified atom stereocenters. The van der Waals surface area contributed by atoms with Gasteiger partial charge < -0.3 is 10.5 Å². The van der Waals surface area contributed by atoms with Gasteiger partial charge in [0.15, 0.2) is 0 Å². The molecule has 1 aromatic rings. The van der Waals surface area contributed by atoms with Crippen LogP contribution in [0.5, 0.6) is 0 Å². The first-order chi connectivity index (χ1) is 12.1. The predicted molar refractivity (Wildman–Crippen MR) is 106 cm³/mol. The van der Waals surface area contributed by atoms with E-state index in [1.807, 2.05) is 20.8 Å². The largest absolute Gasteiger partial charge is 0.466 e. The van der Waals surface area contributed by atoms with Gasteiger partial charge in [-0.3, -0.25) is 4.79 Å². The summed E-state index contributed by atoms with van der Waals surface area (Å²) in [5.41, 5.74) is 10.9. The summed E-state index contributed by atoms with van der Waals surface area (Å²) < 4.78 is 4.98. The van der Waals surface area contributed by atoms with E-state index in [0.717, 1.165) is 32.1 Å². The molecule has 0 aliphatic heterocycles. The van der Waals surface area contributed by atoms with E-state index in [-0.39, 0.29) is 12.0 Å². The van der Waals surface area contributed by atoms with E-state index in [4.69, 9.17) is 10.5 Å². The van der Waals surface area contributed by atoms with Gasteiger partial charge in [-0.05, 0) is 61.1 Å². The van der Waals surface area contributed by atoms with Crippen molar-refractivity contribution in [2.75, 3.05) is 6.61 Å². The molecule has 2 rings (SSSR count). The summed E-state index contributed by atoms with van der Waals surface area (Å²) in [4.78, 5) is 11.4. The molecule has 0 amide bonds. The molecule has 1 aliphatic rings. The molecule has 3 nitrogen and oxygen atoms in total. The maximum atomic E-state index is 11.4. The topological polar surface area (TPSA) is 52.3 Å². The van der Waals surface area contributed by atoms with E-state index in [1.165, 1.54) is 16.7 Å². The van der Waals surface area contributed by atoms with E-state index < -0.39 is 0 Å². The van der Waals surface area contributed by atoms with Crippen LogP contribution in [0.25, 0.3) is 0 Å². The van der Waals surface area contributed by atoms with Crippen LogP contribution in [0.2, 0.25) is 0 Å². The number of carbonyl (C=O) groups is 1. The molecule has 3 atom stereocenters. The first-order valence-electron chi connectivity index (χ1n) is 10.1. The van der Waals surface area contributed by atoms with Crippen LogP contribution >= 0.6 is 0 Å². The van der Waals surface area contributed by atoms with Crippen LogP contribution in [-0.2, 0) is 16.0 Å². The van der Waals surface area contributed by atoms with Crippen molar-refractivity contribution in [3.63, 3.8) is 0 Å². The minimum absolute atomic E-state index is 0.0809. The molecule has 0 bridgehead atoms. The van der Waals surface area contributed by atoms with Crippen molar-refractivity contribution in [1.29, 1.82) is 0 Å². The lowest BCUT2D eigenvalue weighted by molar-refractivity contribution is -0.143. The van der Waals surface area contributed by atoms with E-state index in [9.17, 15) is 4.79 Å². The van der Waals surface area contributed by atoms with Gasteiger partial charge in [0, 0.05) is 12.5 Å². The van der Waals surface area contributed by atoms with Crippen molar-refractivity contribution in [2.24, 2.45) is 5.73 Å². The summed E-state index contributed by atoms with van der Waals surface area (Å²) in [7, 11) is 0. The first-order valence-corrected chi connectivity index (χ1v) is 10.1. The second kappa shape index (κ2) is 11.3. The highest BCUT2D eigenvalue weighted by Crippen LogP contribution is 2.40. The van der Waals surface area contributed by atoms with Gasteiger partial charge in [-0.1, -0.05) is 52.3 Å². The van der Waals surface area contributed by atoms with E-state index >= 15 is 0 Å². The Hall–Kier alpha value is -1.35. The molecule has 0 fully saturated rings. The van der Waals surface area contributed by atoms with Crippen molar-refractivity contribution < 1.29 is 9.53 Å². The third-order valence-corrected chi connectivity index (χ3v) is 5.20. The summed E-state index contributed by atoms with van der Waals surface area (Å²) in [6.07, 6.45) is 5.67. The number of benzene rings is 1. The Morgan fingerprint density at radius 1 is 1.28 bits per heavy atom. The van der Waals surface area contributed by atoms with Gasteiger partial charge in [0.2, 0.25) is 0 Å². The van der Waals surface area contributed by atoms with Gasteiger partial charge in [0.1, 0.15) is 0 Å². The van der Waals surface area contributed by atoms with Crippen molar-refractivity contribution in [3.05, 3.63) is 34.9 Å². The van der Waals surface area contributed by atoms with Crippen LogP contribution in [0.15, 0.2) is 18.2 Å². The molecule has 1 aliphatic carbocycles. The van der Waals surface area contributed by atoms with Gasteiger partial charge in [-0.2, -0.15) is 0 Å². The zero-order valence-corrected chi connectivity index (χ0v) is 16.8. The number of unbranched alkanes of at least 4 members (excludes halogenated alkanes) is 1. The van der Waals surface area contributed by atoms with Crippen LogP contribution < -0.4 is 5.73 Å². The Kier molecular flexibility index (Phi) is 9.81. The lowest BCUT2D eigenvalue weighted by Gasteiger charge is -2.17. The Balaban J connectivity index is 0.00000151. The number of nitrogens with two attached hydrogens (primary N) is 1. The van der Waals surface area contributed by atoms with Gasteiger partial charge in [0.25, 0.3) is 0 Å². The van der Waals surface area contributed by atoms with Gasteiger partial charge >= 0.3 is 5.97 Å². The number of carbonyl (C=O) groups excluding carboxylic acids is 1. The zero-order chi connectivity index (χ0) is 18.8. The maximum absolute atomic E-state index is 11.4. The number of hydrogen-bond acceptors (Lipinski definition) is 3. The number of ether oxygens (including phenoxy) is 1. The second-order valence-electron chi connectivity index (χ2n) is 6.75. The minimum atomic E-state index is -0.0809. The molecule has 142 valence electrons. The Morgan fingerprint density at radius 2 is 2.00 bits per heavy atom. The third-order valence-electron chi connectivity index (χ3n) is 5.20. The SMILES string of the molecule is CC.CCOC(=O)CCCCC1c2cccc(C(C)CC)c2CC1N. The van der Waals surface area contributed by atoms with Crippen LogP contribution in [0.4, 0.5) is 0 Å². The van der Waals surface area contributed by atoms with Crippen molar-refractivity contribution in [3.8, 4) is 0 Å². The highest BCUT2D eigenvalue weighted by Gasteiger charge is 2.31. The molecule has 0 spiro atoms. The lowest BCUT2D eigenvalue weighted by Crippen LogP contribution is -2.25. The first kappa shape index (κ1) is 21.7. The Morgan fingerprint density at radius 3 is 2.64 bits per heavy atom. The average molecular weight is 348 g/mol.